The van der Waals surface area contributed by atoms with E-state index in [-0.39, 0.29) is 5.82 Å². The Balaban J connectivity index is 1.75. The Labute approximate surface area is 114 Å². The van der Waals surface area contributed by atoms with Crippen LogP contribution in [0.15, 0.2) is 18.2 Å². The predicted octanol–water partition coefficient (Wildman–Crippen LogP) is 3.05. The molecule has 0 amide bonds. The molecule has 1 saturated carbocycles. The average molecular weight is 262 g/mol. The molecule has 19 heavy (non-hydrogen) atoms. The highest BCUT2D eigenvalue weighted by Crippen LogP contribution is 2.37. The largest absolute Gasteiger partial charge is 0.326 e. The van der Waals surface area contributed by atoms with E-state index in [0.717, 1.165) is 36.2 Å². The lowest BCUT2D eigenvalue weighted by Crippen LogP contribution is -2.41. The van der Waals surface area contributed by atoms with E-state index < -0.39 is 0 Å². The van der Waals surface area contributed by atoms with Crippen LogP contribution in [0.25, 0.3) is 0 Å². The zero-order valence-corrected chi connectivity index (χ0v) is 11.4. The van der Waals surface area contributed by atoms with Crippen molar-refractivity contribution >= 4 is 0 Å². The molecule has 2 atom stereocenters. The van der Waals surface area contributed by atoms with Gasteiger partial charge in [-0.1, -0.05) is 12.5 Å². The van der Waals surface area contributed by atoms with Gasteiger partial charge in [0.25, 0.3) is 0 Å². The van der Waals surface area contributed by atoms with Gasteiger partial charge in [-0.3, -0.25) is 4.90 Å². The number of piperidine rings is 1. The Morgan fingerprint density at radius 2 is 1.89 bits per heavy atom. The van der Waals surface area contributed by atoms with Crippen molar-refractivity contribution in [2.24, 2.45) is 11.7 Å². The van der Waals surface area contributed by atoms with Gasteiger partial charge in [0.05, 0.1) is 0 Å². The first-order chi connectivity index (χ1) is 9.26. The van der Waals surface area contributed by atoms with Gasteiger partial charge in [-0.2, -0.15) is 0 Å². The zero-order valence-electron chi connectivity index (χ0n) is 11.4. The molecule has 2 fully saturated rings. The number of hydrogen-bond donors (Lipinski definition) is 1. The van der Waals surface area contributed by atoms with Crippen molar-refractivity contribution in [2.75, 3.05) is 6.54 Å². The van der Waals surface area contributed by atoms with E-state index in [1.54, 1.807) is 6.07 Å². The molecule has 2 N–H and O–H groups in total. The average Bonchev–Trinajstić information content (AvgIpc) is 2.87. The third-order valence-corrected chi connectivity index (χ3v) is 4.75. The van der Waals surface area contributed by atoms with E-state index in [9.17, 15) is 4.39 Å². The Morgan fingerprint density at radius 3 is 2.74 bits per heavy atom. The van der Waals surface area contributed by atoms with Crippen molar-refractivity contribution in [3.8, 4) is 0 Å². The Kier molecular flexibility index (Phi) is 3.85. The lowest BCUT2D eigenvalue weighted by molar-refractivity contribution is 0.106. The summed E-state index contributed by atoms with van der Waals surface area (Å²) < 4.78 is 13.6. The van der Waals surface area contributed by atoms with E-state index in [2.05, 4.69) is 11.0 Å². The lowest BCUT2D eigenvalue weighted by Gasteiger charge is -2.37. The quantitative estimate of drug-likeness (QED) is 0.907. The first-order valence-electron chi connectivity index (χ1n) is 7.49. The van der Waals surface area contributed by atoms with Crippen LogP contribution >= 0.6 is 0 Å². The van der Waals surface area contributed by atoms with Gasteiger partial charge in [-0.15, -0.1) is 0 Å². The fourth-order valence-corrected chi connectivity index (χ4v) is 3.91. The Hall–Kier alpha value is -0.930. The molecule has 3 rings (SSSR count). The Bertz CT molecular complexity index is 446. The maximum atomic E-state index is 13.6. The number of nitrogens with zero attached hydrogens (tertiary/aromatic N) is 1. The van der Waals surface area contributed by atoms with Crippen molar-refractivity contribution in [3.63, 3.8) is 0 Å². The molecule has 2 unspecified atom stereocenters. The highest BCUT2D eigenvalue weighted by Gasteiger charge is 2.34. The van der Waals surface area contributed by atoms with Crippen LogP contribution in [0.5, 0.6) is 0 Å². The van der Waals surface area contributed by atoms with Crippen LogP contribution in [-0.2, 0) is 13.1 Å². The summed E-state index contributed by atoms with van der Waals surface area (Å²) >= 11 is 0. The van der Waals surface area contributed by atoms with Crippen LogP contribution in [0.2, 0.25) is 0 Å². The first kappa shape index (κ1) is 13.1. The van der Waals surface area contributed by atoms with Crippen molar-refractivity contribution in [1.29, 1.82) is 0 Å². The lowest BCUT2D eigenvalue weighted by atomic mass is 9.91. The molecule has 0 aromatic heterocycles. The second kappa shape index (κ2) is 5.59. The minimum atomic E-state index is -0.155. The van der Waals surface area contributed by atoms with Crippen LogP contribution in [0.4, 0.5) is 4.39 Å². The van der Waals surface area contributed by atoms with Gasteiger partial charge in [-0.25, -0.2) is 4.39 Å². The van der Waals surface area contributed by atoms with Crippen LogP contribution in [0.3, 0.4) is 0 Å². The van der Waals surface area contributed by atoms with Gasteiger partial charge >= 0.3 is 0 Å². The summed E-state index contributed by atoms with van der Waals surface area (Å²) in [5.41, 5.74) is 7.60. The molecule has 1 aliphatic heterocycles. The first-order valence-corrected chi connectivity index (χ1v) is 7.49. The second-order valence-electron chi connectivity index (χ2n) is 6.04. The molecule has 0 radical (unpaired) electrons. The summed E-state index contributed by atoms with van der Waals surface area (Å²) in [4.78, 5) is 2.57. The van der Waals surface area contributed by atoms with E-state index in [1.165, 1.54) is 38.2 Å². The molecule has 0 spiro atoms. The molecular formula is C16H23FN2. The van der Waals surface area contributed by atoms with Crippen molar-refractivity contribution in [3.05, 3.63) is 35.1 Å². The van der Waals surface area contributed by atoms with Crippen molar-refractivity contribution < 1.29 is 4.39 Å². The van der Waals surface area contributed by atoms with Crippen LogP contribution in [0.1, 0.15) is 43.2 Å². The normalized spacial score (nSPS) is 27.5. The smallest absolute Gasteiger partial charge is 0.123 e. The molecule has 1 aromatic rings. The fourth-order valence-electron chi connectivity index (χ4n) is 3.91. The molecule has 104 valence electrons. The monoisotopic (exact) mass is 262 g/mol. The topological polar surface area (TPSA) is 29.3 Å². The SMILES string of the molecule is NCc1cc(F)cc(CN2CCCC3CCCC32)c1. The fraction of sp³-hybridized carbons (Fsp3) is 0.625. The number of rotatable bonds is 3. The Morgan fingerprint density at radius 1 is 1.11 bits per heavy atom. The predicted molar refractivity (Wildman–Crippen MR) is 75.1 cm³/mol. The van der Waals surface area contributed by atoms with Gasteiger partial charge in [0, 0.05) is 19.1 Å². The van der Waals surface area contributed by atoms with Crippen LogP contribution in [0, 0.1) is 11.7 Å². The number of halogens is 1. The van der Waals surface area contributed by atoms with Crippen LogP contribution < -0.4 is 5.73 Å². The highest BCUT2D eigenvalue weighted by atomic mass is 19.1. The maximum absolute atomic E-state index is 13.6. The van der Waals surface area contributed by atoms with Crippen LogP contribution in [-0.4, -0.2) is 17.5 Å². The molecule has 1 aromatic carbocycles. The number of fused-ring (bicyclic) bond motifs is 1. The minimum absolute atomic E-state index is 0.155. The van der Waals surface area contributed by atoms with Gasteiger partial charge in [-0.05, 0) is 61.4 Å². The molecule has 3 heteroatoms. The molecule has 2 aliphatic rings. The standard InChI is InChI=1S/C16H23FN2/c17-15-8-12(10-18)7-13(9-15)11-19-6-2-4-14-3-1-5-16(14)19/h7-9,14,16H,1-6,10-11,18H2. The maximum Gasteiger partial charge on any atom is 0.123 e. The second-order valence-corrected chi connectivity index (χ2v) is 6.04. The molecular weight excluding hydrogens is 239 g/mol. The molecule has 2 nitrogen and oxygen atoms in total. The third-order valence-electron chi connectivity index (χ3n) is 4.75. The summed E-state index contributed by atoms with van der Waals surface area (Å²) in [6.07, 6.45) is 6.75. The zero-order chi connectivity index (χ0) is 13.2. The van der Waals surface area contributed by atoms with Crippen molar-refractivity contribution in [1.82, 2.24) is 4.90 Å². The molecule has 1 saturated heterocycles. The minimum Gasteiger partial charge on any atom is -0.326 e. The summed E-state index contributed by atoms with van der Waals surface area (Å²) in [6, 6.07) is 6.00. The third kappa shape index (κ3) is 2.82. The van der Waals surface area contributed by atoms with Gasteiger partial charge in [0.15, 0.2) is 0 Å². The van der Waals surface area contributed by atoms with Gasteiger partial charge < -0.3 is 5.73 Å². The van der Waals surface area contributed by atoms with E-state index >= 15 is 0 Å². The number of likely N-dealkylation sites (tertiary alicyclic amines) is 1. The summed E-state index contributed by atoms with van der Waals surface area (Å²) in [6.45, 7) is 2.46. The molecule has 1 aliphatic carbocycles. The number of benzene rings is 1. The number of hydrogen-bond acceptors (Lipinski definition) is 2. The van der Waals surface area contributed by atoms with Gasteiger partial charge in [0.2, 0.25) is 0 Å². The summed E-state index contributed by atoms with van der Waals surface area (Å²) in [5.74, 6) is 0.731. The van der Waals surface area contributed by atoms with E-state index in [0.29, 0.717) is 6.54 Å². The summed E-state index contributed by atoms with van der Waals surface area (Å²) in [5, 5.41) is 0. The number of nitrogens with two attached hydrogens (primary N) is 1. The highest BCUT2D eigenvalue weighted by molar-refractivity contribution is 5.24. The molecule has 0 bridgehead atoms. The van der Waals surface area contributed by atoms with Gasteiger partial charge in [0.1, 0.15) is 5.82 Å². The molecule has 1 heterocycles. The van der Waals surface area contributed by atoms with E-state index in [4.69, 9.17) is 5.73 Å². The van der Waals surface area contributed by atoms with E-state index in [1.807, 2.05) is 0 Å². The summed E-state index contributed by atoms with van der Waals surface area (Å²) in [7, 11) is 0. The van der Waals surface area contributed by atoms with Crippen molar-refractivity contribution in [2.45, 2.75) is 51.2 Å².